The Morgan fingerprint density at radius 1 is 1.42 bits per heavy atom. The topological polar surface area (TPSA) is 33.2 Å². The van der Waals surface area contributed by atoms with Crippen LogP contribution in [0.3, 0.4) is 0 Å². The van der Waals surface area contributed by atoms with E-state index in [9.17, 15) is 4.79 Å². The van der Waals surface area contributed by atoms with E-state index in [0.717, 1.165) is 34.1 Å². The molecule has 1 aromatic carbocycles. The molecule has 3 rings (SSSR count). The minimum atomic E-state index is 0.0992. The third-order valence-electron chi connectivity index (χ3n) is 3.57. The van der Waals surface area contributed by atoms with Gasteiger partial charge in [-0.25, -0.2) is 4.98 Å². The van der Waals surface area contributed by atoms with E-state index in [1.165, 1.54) is 22.6 Å². The van der Waals surface area contributed by atoms with Crippen LogP contribution in [-0.4, -0.2) is 24.4 Å². The zero-order valence-electron chi connectivity index (χ0n) is 11.4. The van der Waals surface area contributed by atoms with Gasteiger partial charge in [-0.1, -0.05) is 0 Å². The summed E-state index contributed by atoms with van der Waals surface area (Å²) in [6, 6.07) is 6.46. The Bertz CT molecular complexity index is 660. The first-order valence-corrected chi connectivity index (χ1v) is 7.20. The van der Waals surface area contributed by atoms with Crippen molar-refractivity contribution in [1.82, 2.24) is 4.98 Å². The number of carbonyl (C=O) groups is 1. The summed E-state index contributed by atoms with van der Waals surface area (Å²) in [6.07, 6.45) is 1.09. The van der Waals surface area contributed by atoms with Crippen LogP contribution in [0.4, 0.5) is 5.69 Å². The molecule has 0 radical (unpaired) electrons. The minimum absolute atomic E-state index is 0.0992. The number of rotatable bonds is 2. The molecule has 19 heavy (non-hydrogen) atoms. The van der Waals surface area contributed by atoms with Crippen LogP contribution in [-0.2, 0) is 6.42 Å². The van der Waals surface area contributed by atoms with Crippen molar-refractivity contribution in [2.24, 2.45) is 0 Å². The first-order valence-electron chi connectivity index (χ1n) is 6.39. The third kappa shape index (κ3) is 2.06. The molecule has 1 aromatic heterocycles. The number of nitrogens with zero attached hydrogens (tertiary/aromatic N) is 2. The Kier molecular flexibility index (Phi) is 2.90. The number of aromatic nitrogens is 1. The van der Waals surface area contributed by atoms with E-state index in [0.29, 0.717) is 0 Å². The number of ketones is 1. The molecule has 0 atom stereocenters. The van der Waals surface area contributed by atoms with Crippen LogP contribution in [0.2, 0.25) is 0 Å². The summed E-state index contributed by atoms with van der Waals surface area (Å²) in [4.78, 5) is 19.1. The Balaban J connectivity index is 2.04. The molecule has 0 spiro atoms. The maximum absolute atomic E-state index is 11.5. The number of hydrogen-bond donors (Lipinski definition) is 0. The zero-order chi connectivity index (χ0) is 13.6. The van der Waals surface area contributed by atoms with Crippen molar-refractivity contribution in [3.63, 3.8) is 0 Å². The average molecular weight is 272 g/mol. The summed E-state index contributed by atoms with van der Waals surface area (Å²) >= 11 is 1.49. The minimum Gasteiger partial charge on any atom is -0.374 e. The smallest absolute Gasteiger partial charge is 0.171 e. The quantitative estimate of drug-likeness (QED) is 0.786. The number of anilines is 1. The fraction of sp³-hybridized carbons (Fsp3) is 0.333. The molecule has 1 aliphatic rings. The summed E-state index contributed by atoms with van der Waals surface area (Å²) in [5.74, 6) is 0.0992. The SMILES string of the molecule is CC(=O)c1sc(-c2ccc3c(c2)CCN3C)nc1C. The van der Waals surface area contributed by atoms with Gasteiger partial charge in [0.05, 0.1) is 10.6 Å². The van der Waals surface area contributed by atoms with Crippen molar-refractivity contribution >= 4 is 22.8 Å². The Morgan fingerprint density at radius 2 is 2.21 bits per heavy atom. The molecule has 2 heterocycles. The van der Waals surface area contributed by atoms with Crippen LogP contribution < -0.4 is 4.90 Å². The molecule has 0 amide bonds. The maximum Gasteiger partial charge on any atom is 0.171 e. The number of hydrogen-bond acceptors (Lipinski definition) is 4. The number of thiazole rings is 1. The number of fused-ring (bicyclic) bond motifs is 1. The number of benzene rings is 1. The summed E-state index contributed by atoms with van der Waals surface area (Å²) in [5, 5.41) is 0.944. The van der Waals surface area contributed by atoms with Gasteiger partial charge in [0.1, 0.15) is 5.01 Å². The molecule has 0 saturated heterocycles. The lowest BCUT2D eigenvalue weighted by atomic mass is 10.1. The molecule has 0 saturated carbocycles. The van der Waals surface area contributed by atoms with Crippen molar-refractivity contribution in [2.45, 2.75) is 20.3 Å². The molecule has 0 unspecified atom stereocenters. The molecule has 1 aliphatic heterocycles. The van der Waals surface area contributed by atoms with E-state index < -0.39 is 0 Å². The van der Waals surface area contributed by atoms with Crippen LogP contribution in [0.25, 0.3) is 10.6 Å². The molecule has 2 aromatic rings. The van der Waals surface area contributed by atoms with Crippen LogP contribution >= 0.6 is 11.3 Å². The standard InChI is InChI=1S/C15H16N2OS/c1-9-14(10(2)18)19-15(16-9)12-4-5-13-11(8-12)6-7-17(13)3/h4-5,8H,6-7H2,1-3H3. The first kappa shape index (κ1) is 12.4. The van der Waals surface area contributed by atoms with Gasteiger partial charge in [0, 0.05) is 31.8 Å². The van der Waals surface area contributed by atoms with Crippen molar-refractivity contribution in [3.05, 3.63) is 34.3 Å². The zero-order valence-corrected chi connectivity index (χ0v) is 12.2. The molecule has 4 heteroatoms. The van der Waals surface area contributed by atoms with Crippen molar-refractivity contribution < 1.29 is 4.79 Å². The summed E-state index contributed by atoms with van der Waals surface area (Å²) < 4.78 is 0. The lowest BCUT2D eigenvalue weighted by molar-refractivity contribution is 0.102. The van der Waals surface area contributed by atoms with Gasteiger partial charge < -0.3 is 4.90 Å². The van der Waals surface area contributed by atoms with Crippen LogP contribution in [0.15, 0.2) is 18.2 Å². The van der Waals surface area contributed by atoms with E-state index in [2.05, 4.69) is 35.1 Å². The average Bonchev–Trinajstić information content (AvgIpc) is 2.93. The largest absolute Gasteiger partial charge is 0.374 e. The Morgan fingerprint density at radius 3 is 2.89 bits per heavy atom. The highest BCUT2D eigenvalue weighted by atomic mass is 32.1. The van der Waals surface area contributed by atoms with Gasteiger partial charge in [-0.05, 0) is 37.1 Å². The van der Waals surface area contributed by atoms with Gasteiger partial charge >= 0.3 is 0 Å². The second-order valence-corrected chi connectivity index (χ2v) is 6.00. The predicted molar refractivity (Wildman–Crippen MR) is 79.3 cm³/mol. The maximum atomic E-state index is 11.5. The van der Waals surface area contributed by atoms with Gasteiger partial charge in [-0.2, -0.15) is 0 Å². The highest BCUT2D eigenvalue weighted by Gasteiger charge is 2.18. The molecule has 98 valence electrons. The van der Waals surface area contributed by atoms with Crippen molar-refractivity contribution in [2.75, 3.05) is 18.5 Å². The highest BCUT2D eigenvalue weighted by molar-refractivity contribution is 7.17. The fourth-order valence-corrected chi connectivity index (χ4v) is 3.50. The lowest BCUT2D eigenvalue weighted by Crippen LogP contribution is -2.12. The highest BCUT2D eigenvalue weighted by Crippen LogP contribution is 2.34. The fourth-order valence-electron chi connectivity index (χ4n) is 2.55. The molecular formula is C15H16N2OS. The molecule has 0 bridgehead atoms. The van der Waals surface area contributed by atoms with E-state index in [1.54, 1.807) is 6.92 Å². The van der Waals surface area contributed by atoms with Gasteiger partial charge in [-0.15, -0.1) is 11.3 Å². The van der Waals surface area contributed by atoms with Crippen molar-refractivity contribution in [1.29, 1.82) is 0 Å². The molecule has 3 nitrogen and oxygen atoms in total. The predicted octanol–water partition coefficient (Wildman–Crippen LogP) is 3.31. The van der Waals surface area contributed by atoms with Gasteiger partial charge in [0.15, 0.2) is 5.78 Å². The van der Waals surface area contributed by atoms with E-state index in [4.69, 9.17) is 0 Å². The van der Waals surface area contributed by atoms with Gasteiger partial charge in [-0.3, -0.25) is 4.79 Å². The van der Waals surface area contributed by atoms with Crippen molar-refractivity contribution in [3.8, 4) is 10.6 Å². The first-order chi connectivity index (χ1) is 9.06. The Hall–Kier alpha value is -1.68. The Labute approximate surface area is 116 Å². The molecule has 0 N–H and O–H groups in total. The molecule has 0 aliphatic carbocycles. The summed E-state index contributed by atoms with van der Waals surface area (Å²) in [6.45, 7) is 4.58. The summed E-state index contributed by atoms with van der Waals surface area (Å²) in [5.41, 5.74) is 4.64. The van der Waals surface area contributed by atoms with Gasteiger partial charge in [0.25, 0.3) is 0 Å². The number of Topliss-reactive ketones (excluding diaryl/α,β-unsaturated/α-hetero) is 1. The van der Waals surface area contributed by atoms with Crippen LogP contribution in [0.5, 0.6) is 0 Å². The van der Waals surface area contributed by atoms with E-state index >= 15 is 0 Å². The number of aryl methyl sites for hydroxylation is 1. The number of likely N-dealkylation sites (N-methyl/N-ethyl adjacent to an activating group) is 1. The molecular weight excluding hydrogens is 256 g/mol. The summed E-state index contributed by atoms with van der Waals surface area (Å²) in [7, 11) is 2.12. The monoisotopic (exact) mass is 272 g/mol. The second-order valence-electron chi connectivity index (χ2n) is 5.00. The van der Waals surface area contributed by atoms with E-state index in [1.807, 2.05) is 6.92 Å². The van der Waals surface area contributed by atoms with E-state index in [-0.39, 0.29) is 5.78 Å². The van der Waals surface area contributed by atoms with Crippen LogP contribution in [0, 0.1) is 6.92 Å². The normalized spacial score (nSPS) is 13.7. The second kappa shape index (κ2) is 4.46. The number of carbonyl (C=O) groups excluding carboxylic acids is 1. The van der Waals surface area contributed by atoms with Crippen LogP contribution in [0.1, 0.15) is 27.9 Å². The third-order valence-corrected chi connectivity index (χ3v) is 4.88. The lowest BCUT2D eigenvalue weighted by Gasteiger charge is -2.11. The van der Waals surface area contributed by atoms with Gasteiger partial charge in [0.2, 0.25) is 0 Å². The molecule has 0 fully saturated rings.